The predicted molar refractivity (Wildman–Crippen MR) is 71.7 cm³/mol. The van der Waals surface area contributed by atoms with Crippen molar-refractivity contribution in [3.8, 4) is 0 Å². The van der Waals surface area contributed by atoms with Gasteiger partial charge in [-0.3, -0.25) is 9.59 Å². The van der Waals surface area contributed by atoms with Crippen LogP contribution in [0.2, 0.25) is 0 Å². The molecule has 0 aromatic heterocycles. The van der Waals surface area contributed by atoms with Crippen LogP contribution in [0.3, 0.4) is 0 Å². The Morgan fingerprint density at radius 3 is 2.76 bits per heavy atom. The van der Waals surface area contributed by atoms with Crippen molar-refractivity contribution in [1.82, 2.24) is 4.90 Å². The molecule has 2 atom stereocenters. The topological polar surface area (TPSA) is 57.6 Å². The van der Waals surface area contributed by atoms with Crippen LogP contribution in [-0.4, -0.2) is 35.5 Å². The van der Waals surface area contributed by atoms with Crippen LogP contribution >= 0.6 is 0 Å². The lowest BCUT2D eigenvalue weighted by atomic mass is 10.1. The number of carboxylic acids is 1. The van der Waals surface area contributed by atoms with Gasteiger partial charge in [-0.15, -0.1) is 0 Å². The number of halogens is 2. The third kappa shape index (κ3) is 3.77. The van der Waals surface area contributed by atoms with Gasteiger partial charge in [-0.1, -0.05) is 0 Å². The van der Waals surface area contributed by atoms with E-state index in [1.165, 1.54) is 4.90 Å². The molecule has 21 heavy (non-hydrogen) atoms. The molecular weight excluding hydrogens is 280 g/mol. The molecule has 4 nitrogen and oxygen atoms in total. The Hall–Kier alpha value is -1.98. The number of nitrogens with zero attached hydrogens (tertiary/aromatic N) is 1. The smallest absolute Gasteiger partial charge is 0.303 e. The van der Waals surface area contributed by atoms with Crippen LogP contribution in [0.25, 0.3) is 0 Å². The van der Waals surface area contributed by atoms with E-state index in [4.69, 9.17) is 5.11 Å². The fourth-order valence-corrected chi connectivity index (χ4v) is 2.47. The molecule has 0 heterocycles. The molecule has 0 unspecified atom stereocenters. The lowest BCUT2D eigenvalue weighted by molar-refractivity contribution is -0.138. The van der Waals surface area contributed by atoms with E-state index in [0.717, 1.165) is 18.2 Å². The predicted octanol–water partition coefficient (Wildman–Crippen LogP) is 2.39. The van der Waals surface area contributed by atoms with Crippen molar-refractivity contribution in [3.63, 3.8) is 0 Å². The molecule has 1 fully saturated rings. The Bertz CT molecular complexity index is 562. The summed E-state index contributed by atoms with van der Waals surface area (Å²) in [6.07, 6.45) is 0.885. The fraction of sp³-hybridized carbons (Fsp3) is 0.467. The number of carbonyl (C=O) groups is 2. The summed E-state index contributed by atoms with van der Waals surface area (Å²) in [6.45, 7) is 0.347. The van der Waals surface area contributed by atoms with Gasteiger partial charge in [0, 0.05) is 25.9 Å². The molecule has 1 aromatic carbocycles. The van der Waals surface area contributed by atoms with E-state index in [0.29, 0.717) is 19.4 Å². The van der Waals surface area contributed by atoms with E-state index >= 15 is 0 Å². The molecule has 1 aliphatic rings. The molecule has 1 aliphatic carbocycles. The van der Waals surface area contributed by atoms with E-state index in [1.54, 1.807) is 7.05 Å². The third-order valence-corrected chi connectivity index (χ3v) is 3.73. The van der Waals surface area contributed by atoms with Crippen LogP contribution in [0.5, 0.6) is 0 Å². The first-order valence-corrected chi connectivity index (χ1v) is 6.82. The van der Waals surface area contributed by atoms with Crippen molar-refractivity contribution in [2.75, 3.05) is 13.6 Å². The van der Waals surface area contributed by atoms with Gasteiger partial charge >= 0.3 is 5.97 Å². The largest absolute Gasteiger partial charge is 0.481 e. The van der Waals surface area contributed by atoms with Crippen molar-refractivity contribution < 1.29 is 23.5 Å². The molecule has 1 N–H and O–H groups in total. The van der Waals surface area contributed by atoms with Gasteiger partial charge in [0.05, 0.1) is 0 Å². The summed E-state index contributed by atoms with van der Waals surface area (Å²) in [6, 6.07) is 3.26. The fourth-order valence-electron chi connectivity index (χ4n) is 2.47. The standard InChI is InChI=1S/C15H17F2NO3/c1-18(6-2-3-14(19)20)15(21)12-8-10(12)11-7-9(16)4-5-13(11)17/h4-5,7,10,12H,2-3,6,8H2,1H3,(H,19,20)/t10-,12-/m1/s1. The van der Waals surface area contributed by atoms with Crippen molar-refractivity contribution in [2.45, 2.75) is 25.2 Å². The highest BCUT2D eigenvalue weighted by molar-refractivity contribution is 5.82. The number of amides is 1. The van der Waals surface area contributed by atoms with Gasteiger partial charge in [-0.05, 0) is 42.5 Å². The highest BCUT2D eigenvalue weighted by Crippen LogP contribution is 2.49. The van der Waals surface area contributed by atoms with Crippen LogP contribution in [-0.2, 0) is 9.59 Å². The second kappa shape index (κ2) is 6.20. The van der Waals surface area contributed by atoms with Crippen LogP contribution in [0, 0.1) is 17.6 Å². The van der Waals surface area contributed by atoms with Crippen LogP contribution in [0.4, 0.5) is 8.78 Å². The SMILES string of the molecule is CN(CCCC(=O)O)C(=O)[C@@H]1C[C@@H]1c1cc(F)ccc1F. The first-order valence-electron chi connectivity index (χ1n) is 6.82. The van der Waals surface area contributed by atoms with Crippen LogP contribution < -0.4 is 0 Å². The van der Waals surface area contributed by atoms with Gasteiger partial charge < -0.3 is 10.0 Å². The first kappa shape index (κ1) is 15.4. The summed E-state index contributed by atoms with van der Waals surface area (Å²) in [5.41, 5.74) is 0.243. The summed E-state index contributed by atoms with van der Waals surface area (Å²) in [7, 11) is 1.60. The van der Waals surface area contributed by atoms with Gasteiger partial charge in [0.2, 0.25) is 5.91 Å². The monoisotopic (exact) mass is 297 g/mol. The molecule has 1 aromatic rings. The lowest BCUT2D eigenvalue weighted by Crippen LogP contribution is -2.29. The van der Waals surface area contributed by atoms with Crippen molar-refractivity contribution in [2.24, 2.45) is 5.92 Å². The van der Waals surface area contributed by atoms with Crippen molar-refractivity contribution in [1.29, 1.82) is 0 Å². The van der Waals surface area contributed by atoms with E-state index in [-0.39, 0.29) is 29.7 Å². The first-order chi connectivity index (χ1) is 9.90. The Morgan fingerprint density at radius 1 is 1.38 bits per heavy atom. The van der Waals surface area contributed by atoms with Crippen molar-refractivity contribution >= 4 is 11.9 Å². The third-order valence-electron chi connectivity index (χ3n) is 3.73. The van der Waals surface area contributed by atoms with E-state index in [1.807, 2.05) is 0 Å². The second-order valence-corrected chi connectivity index (χ2v) is 5.37. The molecule has 1 saturated carbocycles. The molecule has 0 bridgehead atoms. The van der Waals surface area contributed by atoms with Gasteiger partial charge in [-0.2, -0.15) is 0 Å². The zero-order valence-corrected chi connectivity index (χ0v) is 11.7. The number of benzene rings is 1. The minimum Gasteiger partial charge on any atom is -0.481 e. The zero-order valence-electron chi connectivity index (χ0n) is 11.7. The number of carbonyl (C=O) groups excluding carboxylic acids is 1. The summed E-state index contributed by atoms with van der Waals surface area (Å²) in [4.78, 5) is 24.0. The summed E-state index contributed by atoms with van der Waals surface area (Å²) in [5.74, 6) is -2.67. The maximum Gasteiger partial charge on any atom is 0.303 e. The molecular formula is C15H17F2NO3. The number of rotatable bonds is 6. The molecule has 2 rings (SSSR count). The number of aliphatic carboxylic acids is 1. The van der Waals surface area contributed by atoms with Crippen LogP contribution in [0.1, 0.15) is 30.7 Å². The Morgan fingerprint density at radius 2 is 2.10 bits per heavy atom. The highest BCUT2D eigenvalue weighted by Gasteiger charge is 2.46. The molecule has 114 valence electrons. The number of hydrogen-bond acceptors (Lipinski definition) is 2. The Balaban J connectivity index is 1.91. The molecule has 0 aliphatic heterocycles. The Labute approximate surface area is 121 Å². The normalized spacial score (nSPS) is 20.1. The summed E-state index contributed by atoms with van der Waals surface area (Å²) >= 11 is 0. The molecule has 0 saturated heterocycles. The zero-order chi connectivity index (χ0) is 15.6. The summed E-state index contributed by atoms with van der Waals surface area (Å²) in [5, 5.41) is 8.55. The van der Waals surface area contributed by atoms with Crippen LogP contribution in [0.15, 0.2) is 18.2 Å². The van der Waals surface area contributed by atoms with Gasteiger partial charge in [-0.25, -0.2) is 8.78 Å². The average molecular weight is 297 g/mol. The maximum atomic E-state index is 13.6. The van der Waals surface area contributed by atoms with E-state index < -0.39 is 17.6 Å². The lowest BCUT2D eigenvalue weighted by Gasteiger charge is -2.16. The molecule has 0 radical (unpaired) electrons. The Kier molecular flexibility index (Phi) is 4.55. The van der Waals surface area contributed by atoms with Gasteiger partial charge in [0.25, 0.3) is 0 Å². The average Bonchev–Trinajstić information content (AvgIpc) is 3.20. The number of hydrogen-bond donors (Lipinski definition) is 1. The number of carboxylic acid groups (broad SMARTS) is 1. The second-order valence-electron chi connectivity index (χ2n) is 5.37. The van der Waals surface area contributed by atoms with Gasteiger partial charge in [0.1, 0.15) is 11.6 Å². The highest BCUT2D eigenvalue weighted by atomic mass is 19.1. The van der Waals surface area contributed by atoms with E-state index in [2.05, 4.69) is 0 Å². The van der Waals surface area contributed by atoms with Crippen molar-refractivity contribution in [3.05, 3.63) is 35.4 Å². The summed E-state index contributed by atoms with van der Waals surface area (Å²) < 4.78 is 26.8. The molecule has 6 heteroatoms. The van der Waals surface area contributed by atoms with E-state index in [9.17, 15) is 18.4 Å². The van der Waals surface area contributed by atoms with Gasteiger partial charge in [0.15, 0.2) is 0 Å². The minimum absolute atomic E-state index is 0.00421. The molecule has 1 amide bonds. The minimum atomic E-state index is -0.901. The quantitative estimate of drug-likeness (QED) is 0.877. The molecule has 0 spiro atoms. The maximum absolute atomic E-state index is 13.6.